The predicted molar refractivity (Wildman–Crippen MR) is 73.6 cm³/mol. The van der Waals surface area contributed by atoms with Crippen molar-refractivity contribution >= 4 is 17.2 Å². The predicted octanol–water partition coefficient (Wildman–Crippen LogP) is 0.762. The van der Waals surface area contributed by atoms with E-state index in [0.717, 1.165) is 5.56 Å². The van der Waals surface area contributed by atoms with Gasteiger partial charge >= 0.3 is 0 Å². The number of H-pyrrole nitrogens is 1. The fraction of sp³-hybridized carbons (Fsp3) is 0.154. The van der Waals surface area contributed by atoms with Gasteiger partial charge in [0.1, 0.15) is 11.6 Å². The lowest BCUT2D eigenvalue weighted by molar-refractivity contribution is 0.0817. The topological polar surface area (TPSA) is 111 Å². The summed E-state index contributed by atoms with van der Waals surface area (Å²) < 4.78 is 0. The molecule has 1 aromatic heterocycles. The number of carbonyl (C=O) groups excluding carboxylic acids is 1. The number of tetrazole rings is 1. The van der Waals surface area contributed by atoms with E-state index in [1.807, 2.05) is 18.2 Å². The minimum Gasteiger partial charge on any atom is -0.360 e. The van der Waals surface area contributed by atoms with E-state index in [4.69, 9.17) is 5.26 Å². The van der Waals surface area contributed by atoms with E-state index in [0.29, 0.717) is 17.8 Å². The van der Waals surface area contributed by atoms with Crippen LogP contribution in [0.2, 0.25) is 0 Å². The zero-order valence-corrected chi connectivity index (χ0v) is 11.2. The highest BCUT2D eigenvalue weighted by molar-refractivity contribution is 6.03. The monoisotopic (exact) mass is 281 g/mol. The Balaban J connectivity index is 1.93. The maximum Gasteiger partial charge on any atom is 0.256 e. The molecule has 8 heteroatoms. The fourth-order valence-electron chi connectivity index (χ4n) is 2.20. The van der Waals surface area contributed by atoms with E-state index >= 15 is 0 Å². The quantitative estimate of drug-likeness (QED) is 0.804. The van der Waals surface area contributed by atoms with Crippen molar-refractivity contribution < 1.29 is 4.79 Å². The minimum absolute atomic E-state index is 0.0421. The summed E-state index contributed by atoms with van der Waals surface area (Å²) in [5, 5.41) is 25.3. The second-order valence-electron chi connectivity index (χ2n) is 4.55. The molecule has 104 valence electrons. The summed E-state index contributed by atoms with van der Waals surface area (Å²) in [5.41, 5.74) is 2.46. The number of hydrogen-bond acceptors (Lipinski definition) is 6. The molecule has 0 spiro atoms. The van der Waals surface area contributed by atoms with E-state index in [-0.39, 0.29) is 17.3 Å². The van der Waals surface area contributed by atoms with Crippen LogP contribution in [0, 0.1) is 11.3 Å². The molecule has 21 heavy (non-hydrogen) atoms. The lowest BCUT2D eigenvalue weighted by Crippen LogP contribution is -2.18. The number of nitrogens with one attached hydrogen (secondary N) is 2. The molecular formula is C13H11N7O. The van der Waals surface area contributed by atoms with Crippen LogP contribution in [0.4, 0.5) is 5.69 Å². The SMILES string of the molecule is CN1Cc2cccc(NC=C(C#N)c3nn[nH]n3)c2C1=O. The van der Waals surface area contributed by atoms with Crippen molar-refractivity contribution in [2.75, 3.05) is 12.4 Å². The van der Waals surface area contributed by atoms with Crippen molar-refractivity contribution in [3.63, 3.8) is 0 Å². The van der Waals surface area contributed by atoms with Crippen LogP contribution in [0.5, 0.6) is 0 Å². The molecule has 0 unspecified atom stereocenters. The molecule has 1 aliphatic rings. The molecule has 8 nitrogen and oxygen atoms in total. The van der Waals surface area contributed by atoms with Gasteiger partial charge in [0.05, 0.1) is 11.3 Å². The molecule has 3 rings (SSSR count). The number of benzene rings is 1. The molecule has 0 saturated carbocycles. The number of allylic oxidation sites excluding steroid dienone is 1. The molecule has 0 bridgehead atoms. The number of anilines is 1. The van der Waals surface area contributed by atoms with E-state index in [1.54, 1.807) is 18.0 Å². The summed E-state index contributed by atoms with van der Waals surface area (Å²) in [6.45, 7) is 0.587. The second-order valence-corrected chi connectivity index (χ2v) is 4.55. The number of hydrogen-bond donors (Lipinski definition) is 2. The first kappa shape index (κ1) is 12.8. The highest BCUT2D eigenvalue weighted by Gasteiger charge is 2.26. The Morgan fingerprint density at radius 3 is 3.14 bits per heavy atom. The highest BCUT2D eigenvalue weighted by Crippen LogP contribution is 2.28. The van der Waals surface area contributed by atoms with Gasteiger partial charge in [0.2, 0.25) is 5.82 Å². The molecule has 2 N–H and O–H groups in total. The Labute approximate surface area is 120 Å². The maximum absolute atomic E-state index is 12.1. The Hall–Kier alpha value is -3.21. The zero-order chi connectivity index (χ0) is 14.8. The van der Waals surface area contributed by atoms with Crippen LogP contribution in [0.1, 0.15) is 21.7 Å². The van der Waals surface area contributed by atoms with Gasteiger partial charge in [0.15, 0.2) is 0 Å². The summed E-state index contributed by atoms with van der Waals surface area (Å²) in [5.74, 6) is 0.153. The molecule has 1 aliphatic heterocycles. The average molecular weight is 281 g/mol. The first-order valence-corrected chi connectivity index (χ1v) is 6.18. The molecule has 2 heterocycles. The van der Waals surface area contributed by atoms with Crippen molar-refractivity contribution in [1.82, 2.24) is 25.5 Å². The average Bonchev–Trinajstić information content (AvgIpc) is 3.10. The molecule has 2 aromatic rings. The van der Waals surface area contributed by atoms with Gasteiger partial charge < -0.3 is 10.2 Å². The lowest BCUT2D eigenvalue weighted by atomic mass is 10.1. The molecule has 1 aromatic carbocycles. The zero-order valence-electron chi connectivity index (χ0n) is 11.2. The third-order valence-corrected chi connectivity index (χ3v) is 3.20. The molecule has 1 amide bonds. The van der Waals surface area contributed by atoms with E-state index in [2.05, 4.69) is 25.9 Å². The lowest BCUT2D eigenvalue weighted by Gasteiger charge is -2.07. The summed E-state index contributed by atoms with van der Waals surface area (Å²) in [4.78, 5) is 13.8. The molecule has 0 aliphatic carbocycles. The molecule has 0 saturated heterocycles. The minimum atomic E-state index is -0.0421. The number of nitrogens with zero attached hydrogens (tertiary/aromatic N) is 5. The van der Waals surface area contributed by atoms with Gasteiger partial charge in [0, 0.05) is 19.8 Å². The van der Waals surface area contributed by atoms with Crippen LogP contribution in [-0.2, 0) is 6.54 Å². The third kappa shape index (κ3) is 2.21. The highest BCUT2D eigenvalue weighted by atomic mass is 16.2. The number of aromatic nitrogens is 4. The van der Waals surface area contributed by atoms with E-state index in [9.17, 15) is 4.79 Å². The van der Waals surface area contributed by atoms with Crippen molar-refractivity contribution in [1.29, 1.82) is 5.26 Å². The summed E-state index contributed by atoms with van der Waals surface area (Å²) in [7, 11) is 1.75. The van der Waals surface area contributed by atoms with Gasteiger partial charge in [-0.1, -0.05) is 12.1 Å². The Morgan fingerprint density at radius 1 is 1.57 bits per heavy atom. The van der Waals surface area contributed by atoms with Gasteiger partial charge in [-0.25, -0.2) is 0 Å². The third-order valence-electron chi connectivity index (χ3n) is 3.20. The summed E-state index contributed by atoms with van der Waals surface area (Å²) in [6.07, 6.45) is 1.46. The normalized spacial score (nSPS) is 14.0. The van der Waals surface area contributed by atoms with Crippen molar-refractivity contribution in [3.8, 4) is 6.07 Å². The van der Waals surface area contributed by atoms with Gasteiger partial charge in [-0.05, 0) is 16.8 Å². The Kier molecular flexibility index (Phi) is 3.08. The fourth-order valence-corrected chi connectivity index (χ4v) is 2.20. The number of amides is 1. The number of carbonyl (C=O) groups is 1. The number of nitriles is 1. The van der Waals surface area contributed by atoms with Gasteiger partial charge in [0.25, 0.3) is 5.91 Å². The molecule has 0 fully saturated rings. The van der Waals surface area contributed by atoms with Crippen LogP contribution in [0.15, 0.2) is 24.4 Å². The van der Waals surface area contributed by atoms with Crippen LogP contribution in [-0.4, -0.2) is 38.5 Å². The molecule has 0 radical (unpaired) electrons. The van der Waals surface area contributed by atoms with E-state index in [1.165, 1.54) is 6.20 Å². The van der Waals surface area contributed by atoms with Crippen LogP contribution in [0.25, 0.3) is 5.57 Å². The Bertz CT molecular complexity index is 757. The molecule has 0 atom stereocenters. The number of aromatic amines is 1. The van der Waals surface area contributed by atoms with Crippen LogP contribution < -0.4 is 5.32 Å². The first-order chi connectivity index (χ1) is 10.2. The number of rotatable bonds is 3. The van der Waals surface area contributed by atoms with Crippen molar-refractivity contribution in [2.24, 2.45) is 0 Å². The standard InChI is InChI=1S/C13H11N7O/c1-20-7-8-3-2-4-10(11(8)13(20)21)15-6-9(5-14)12-16-18-19-17-12/h2-4,6,15H,7H2,1H3,(H,16,17,18,19). The van der Waals surface area contributed by atoms with Gasteiger partial charge in [-0.15, -0.1) is 10.2 Å². The largest absolute Gasteiger partial charge is 0.360 e. The van der Waals surface area contributed by atoms with Crippen molar-refractivity contribution in [3.05, 3.63) is 41.4 Å². The van der Waals surface area contributed by atoms with Gasteiger partial charge in [-0.2, -0.15) is 10.5 Å². The van der Waals surface area contributed by atoms with Crippen molar-refractivity contribution in [2.45, 2.75) is 6.54 Å². The second kappa shape index (κ2) is 5.05. The van der Waals surface area contributed by atoms with Crippen LogP contribution in [0.3, 0.4) is 0 Å². The number of fused-ring (bicyclic) bond motifs is 1. The first-order valence-electron chi connectivity index (χ1n) is 6.18. The van der Waals surface area contributed by atoms with E-state index < -0.39 is 0 Å². The maximum atomic E-state index is 12.1. The molecular weight excluding hydrogens is 270 g/mol. The smallest absolute Gasteiger partial charge is 0.256 e. The van der Waals surface area contributed by atoms with Crippen LogP contribution >= 0.6 is 0 Å². The summed E-state index contributed by atoms with van der Waals surface area (Å²) in [6, 6.07) is 7.55. The summed E-state index contributed by atoms with van der Waals surface area (Å²) >= 11 is 0. The van der Waals surface area contributed by atoms with Gasteiger partial charge in [-0.3, -0.25) is 4.79 Å². The Morgan fingerprint density at radius 2 is 2.43 bits per heavy atom.